The molecule has 29 heavy (non-hydrogen) atoms. The summed E-state index contributed by atoms with van der Waals surface area (Å²) in [6.45, 7) is 0. The number of rotatable bonds is 5. The molecular weight excluding hydrogens is 408 g/mol. The van der Waals surface area contributed by atoms with E-state index in [1.54, 1.807) is 24.3 Å². The number of Topliss-reactive ketones (excluding diaryl/α,β-unsaturated/α-hetero) is 1. The van der Waals surface area contributed by atoms with Gasteiger partial charge in [0.15, 0.2) is 5.78 Å². The Morgan fingerprint density at radius 3 is 2.34 bits per heavy atom. The first-order valence-corrected chi connectivity index (χ1v) is 9.92. The van der Waals surface area contributed by atoms with Crippen molar-refractivity contribution >= 4 is 50.6 Å². The monoisotopic (exact) mass is 422 g/mol. The zero-order valence-corrected chi connectivity index (χ0v) is 16.6. The van der Waals surface area contributed by atoms with Crippen molar-refractivity contribution in [2.24, 2.45) is 0 Å². The van der Waals surface area contributed by atoms with Crippen molar-refractivity contribution in [3.8, 4) is 11.3 Å². The van der Waals surface area contributed by atoms with Gasteiger partial charge in [-0.25, -0.2) is 9.78 Å². The third-order valence-corrected chi connectivity index (χ3v) is 5.96. The molecule has 0 saturated carbocycles. The molecule has 0 radical (unpaired) electrons. The van der Waals surface area contributed by atoms with E-state index in [2.05, 4.69) is 4.98 Å². The number of benzene rings is 2. The first kappa shape index (κ1) is 19.1. The van der Waals surface area contributed by atoms with Gasteiger partial charge in [0, 0.05) is 22.4 Å². The zero-order chi connectivity index (χ0) is 20.5. The Balaban J connectivity index is 1.63. The predicted molar refractivity (Wildman–Crippen MR) is 116 cm³/mol. The molecule has 2 heterocycles. The van der Waals surface area contributed by atoms with Crippen LogP contribution >= 0.6 is 22.9 Å². The normalized spacial score (nSPS) is 10.9. The first-order chi connectivity index (χ1) is 13.9. The van der Waals surface area contributed by atoms with Gasteiger partial charge in [-0.1, -0.05) is 35.9 Å². The molecule has 0 saturated heterocycles. The van der Waals surface area contributed by atoms with Crippen LogP contribution in [0.15, 0.2) is 60.7 Å². The highest BCUT2D eigenvalue weighted by Crippen LogP contribution is 2.35. The van der Waals surface area contributed by atoms with Gasteiger partial charge < -0.3 is 10.8 Å². The number of carbonyl (C=O) groups is 2. The number of halogens is 1. The molecule has 2 aromatic carbocycles. The lowest BCUT2D eigenvalue weighted by Crippen LogP contribution is -2.04. The Bertz CT molecular complexity index is 1230. The molecule has 5 nitrogen and oxygen atoms in total. The van der Waals surface area contributed by atoms with E-state index in [4.69, 9.17) is 22.4 Å². The molecule has 0 fully saturated rings. The Morgan fingerprint density at radius 1 is 1.00 bits per heavy atom. The summed E-state index contributed by atoms with van der Waals surface area (Å²) < 4.78 is 0. The highest BCUT2D eigenvalue weighted by Gasteiger charge is 2.18. The Hall–Kier alpha value is -3.22. The summed E-state index contributed by atoms with van der Waals surface area (Å²) in [5.74, 6) is -1.12. The second-order valence-corrected chi connectivity index (χ2v) is 7.94. The maximum atomic E-state index is 12.8. The van der Waals surface area contributed by atoms with Gasteiger partial charge in [0.25, 0.3) is 0 Å². The number of pyridine rings is 1. The number of nitrogens with two attached hydrogens (primary N) is 1. The number of carboxylic acids is 1. The number of thiophene rings is 1. The standard InChI is InChI=1S/C22H15ClN2O3S/c23-15-7-5-13(6-8-15)17-10-9-16-19(24)20(29-21(16)25-17)18(26)11-12-1-3-14(4-2-12)22(27)28/h1-10H,11,24H2,(H,27,28). The molecular formula is C22H15ClN2O3S. The smallest absolute Gasteiger partial charge is 0.335 e. The second-order valence-electron chi connectivity index (χ2n) is 6.50. The molecule has 0 atom stereocenters. The van der Waals surface area contributed by atoms with Crippen molar-refractivity contribution in [2.75, 3.05) is 5.73 Å². The van der Waals surface area contributed by atoms with Gasteiger partial charge in [-0.3, -0.25) is 4.79 Å². The number of ketones is 1. The lowest BCUT2D eigenvalue weighted by molar-refractivity contribution is 0.0696. The van der Waals surface area contributed by atoms with Crippen molar-refractivity contribution in [1.82, 2.24) is 4.98 Å². The zero-order valence-electron chi connectivity index (χ0n) is 15.1. The maximum Gasteiger partial charge on any atom is 0.335 e. The first-order valence-electron chi connectivity index (χ1n) is 8.73. The molecule has 0 aliphatic heterocycles. The molecule has 3 N–H and O–H groups in total. The van der Waals surface area contributed by atoms with E-state index in [1.807, 2.05) is 24.3 Å². The quantitative estimate of drug-likeness (QED) is 0.424. The molecule has 4 aromatic rings. The van der Waals surface area contributed by atoms with Gasteiger partial charge >= 0.3 is 5.97 Å². The van der Waals surface area contributed by atoms with Crippen LogP contribution < -0.4 is 5.73 Å². The van der Waals surface area contributed by atoms with E-state index in [0.29, 0.717) is 20.4 Å². The number of hydrogen-bond donors (Lipinski definition) is 2. The van der Waals surface area contributed by atoms with E-state index in [-0.39, 0.29) is 17.8 Å². The average molecular weight is 423 g/mol. The van der Waals surface area contributed by atoms with E-state index >= 15 is 0 Å². The number of aromatic carboxylic acids is 1. The molecule has 2 aromatic heterocycles. The molecule has 7 heteroatoms. The van der Waals surface area contributed by atoms with Crippen LogP contribution in [0, 0.1) is 0 Å². The van der Waals surface area contributed by atoms with Gasteiger partial charge in [-0.2, -0.15) is 0 Å². The summed E-state index contributed by atoms with van der Waals surface area (Å²) in [5, 5.41) is 10.4. The van der Waals surface area contributed by atoms with Crippen LogP contribution in [0.3, 0.4) is 0 Å². The fourth-order valence-corrected chi connectivity index (χ4v) is 4.17. The van der Waals surface area contributed by atoms with Gasteiger partial charge in [-0.05, 0) is 42.0 Å². The van der Waals surface area contributed by atoms with Crippen molar-refractivity contribution in [2.45, 2.75) is 6.42 Å². The number of hydrogen-bond acceptors (Lipinski definition) is 5. The maximum absolute atomic E-state index is 12.8. The fraction of sp³-hybridized carbons (Fsp3) is 0.0455. The molecule has 0 aliphatic carbocycles. The van der Waals surface area contributed by atoms with Gasteiger partial charge in [-0.15, -0.1) is 11.3 Å². The molecule has 0 spiro atoms. The Morgan fingerprint density at radius 2 is 1.69 bits per heavy atom. The van der Waals surface area contributed by atoms with E-state index in [0.717, 1.165) is 22.2 Å². The summed E-state index contributed by atoms with van der Waals surface area (Å²) in [5.41, 5.74) is 9.26. The van der Waals surface area contributed by atoms with E-state index in [9.17, 15) is 9.59 Å². The van der Waals surface area contributed by atoms with Crippen LogP contribution in [0.1, 0.15) is 25.6 Å². The minimum absolute atomic E-state index is 0.124. The number of fused-ring (bicyclic) bond motifs is 1. The SMILES string of the molecule is Nc1c(C(=O)Cc2ccc(C(=O)O)cc2)sc2nc(-c3ccc(Cl)cc3)ccc12. The number of carbonyl (C=O) groups excluding carboxylic acids is 1. The number of nitrogens with zero attached hydrogens (tertiary/aromatic N) is 1. The Kier molecular flexibility index (Phi) is 5.05. The lowest BCUT2D eigenvalue weighted by Gasteiger charge is -2.02. The number of anilines is 1. The third kappa shape index (κ3) is 3.85. The van der Waals surface area contributed by atoms with Crippen molar-refractivity contribution < 1.29 is 14.7 Å². The molecule has 0 unspecified atom stereocenters. The van der Waals surface area contributed by atoms with Crippen LogP contribution in [-0.4, -0.2) is 21.8 Å². The molecule has 0 bridgehead atoms. The van der Waals surface area contributed by atoms with Crippen molar-refractivity contribution in [3.05, 3.63) is 81.7 Å². The topological polar surface area (TPSA) is 93.3 Å². The Labute approximate surface area is 175 Å². The molecule has 4 rings (SSSR count). The molecule has 144 valence electrons. The predicted octanol–water partition coefficient (Wildman–Crippen LogP) is 5.32. The van der Waals surface area contributed by atoms with Crippen LogP contribution in [0.25, 0.3) is 21.5 Å². The van der Waals surface area contributed by atoms with Gasteiger partial charge in [0.1, 0.15) is 4.83 Å². The number of nitrogen functional groups attached to an aromatic ring is 1. The molecule has 0 amide bonds. The highest BCUT2D eigenvalue weighted by atomic mass is 35.5. The highest BCUT2D eigenvalue weighted by molar-refractivity contribution is 7.21. The van der Waals surface area contributed by atoms with Crippen molar-refractivity contribution in [3.63, 3.8) is 0 Å². The minimum atomic E-state index is -1.00. The van der Waals surface area contributed by atoms with Crippen LogP contribution in [0.4, 0.5) is 5.69 Å². The third-order valence-electron chi connectivity index (χ3n) is 4.55. The second kappa shape index (κ2) is 7.66. The summed E-state index contributed by atoms with van der Waals surface area (Å²) in [7, 11) is 0. The lowest BCUT2D eigenvalue weighted by atomic mass is 10.0. The largest absolute Gasteiger partial charge is 0.478 e. The number of carboxylic acid groups (broad SMARTS) is 1. The van der Waals surface area contributed by atoms with Crippen LogP contribution in [0.5, 0.6) is 0 Å². The molecule has 0 aliphatic rings. The minimum Gasteiger partial charge on any atom is -0.478 e. The van der Waals surface area contributed by atoms with E-state index < -0.39 is 5.97 Å². The summed E-state index contributed by atoms with van der Waals surface area (Å²) >= 11 is 7.21. The van der Waals surface area contributed by atoms with Crippen molar-refractivity contribution in [1.29, 1.82) is 0 Å². The summed E-state index contributed by atoms with van der Waals surface area (Å²) in [6, 6.07) is 17.4. The average Bonchev–Trinajstić information content (AvgIpc) is 3.05. The summed E-state index contributed by atoms with van der Waals surface area (Å²) in [4.78, 5) is 29.5. The summed E-state index contributed by atoms with van der Waals surface area (Å²) in [6.07, 6.45) is 0.140. The van der Waals surface area contributed by atoms with Crippen LogP contribution in [-0.2, 0) is 6.42 Å². The van der Waals surface area contributed by atoms with Crippen LogP contribution in [0.2, 0.25) is 5.02 Å². The van der Waals surface area contributed by atoms with Gasteiger partial charge in [0.05, 0.1) is 21.8 Å². The number of aromatic nitrogens is 1. The van der Waals surface area contributed by atoms with E-state index in [1.165, 1.54) is 23.5 Å². The van der Waals surface area contributed by atoms with Gasteiger partial charge in [0.2, 0.25) is 0 Å². The fourth-order valence-electron chi connectivity index (χ4n) is 3.02.